The van der Waals surface area contributed by atoms with Gasteiger partial charge in [0.15, 0.2) is 5.78 Å². The van der Waals surface area contributed by atoms with Gasteiger partial charge in [0.05, 0.1) is 5.69 Å². The zero-order chi connectivity index (χ0) is 18.1. The van der Waals surface area contributed by atoms with Crippen LogP contribution >= 0.6 is 0 Å². The normalized spacial score (nSPS) is 13.7. The maximum Gasteiger partial charge on any atom is 0.251 e. The van der Waals surface area contributed by atoms with E-state index in [4.69, 9.17) is 0 Å². The number of aromatic nitrogens is 1. The van der Waals surface area contributed by atoms with Crippen molar-refractivity contribution in [1.29, 1.82) is 0 Å². The predicted octanol–water partition coefficient (Wildman–Crippen LogP) is 3.74. The van der Waals surface area contributed by atoms with Gasteiger partial charge in [0.25, 0.3) is 5.91 Å². The standard InChI is InChI=1S/C22H22N2O2/c1-15-11-13-24-19(14-15)17(18-8-5-9-20(25)21(18)24)10-12-23-22(26)16-6-3-2-4-7-16/h2-4,6-7,11,13-14H,5,8-10,12H2,1H3,(H,23,26). The molecule has 0 saturated heterocycles. The summed E-state index contributed by atoms with van der Waals surface area (Å²) in [6, 6.07) is 13.4. The minimum absolute atomic E-state index is 0.0600. The molecule has 1 amide bonds. The number of Topliss-reactive ketones (excluding diaryl/α,β-unsaturated/α-hetero) is 1. The van der Waals surface area contributed by atoms with Crippen LogP contribution in [0.5, 0.6) is 0 Å². The van der Waals surface area contributed by atoms with Crippen molar-refractivity contribution in [2.75, 3.05) is 6.54 Å². The Balaban J connectivity index is 1.61. The molecule has 3 aromatic rings. The average molecular weight is 346 g/mol. The van der Waals surface area contributed by atoms with E-state index in [0.29, 0.717) is 18.5 Å². The van der Waals surface area contributed by atoms with E-state index in [1.54, 1.807) is 0 Å². The summed E-state index contributed by atoms with van der Waals surface area (Å²) in [5.74, 6) is 0.167. The molecule has 132 valence electrons. The molecule has 0 unspecified atom stereocenters. The lowest BCUT2D eigenvalue weighted by Crippen LogP contribution is -2.25. The van der Waals surface area contributed by atoms with Gasteiger partial charge in [0.2, 0.25) is 0 Å². The summed E-state index contributed by atoms with van der Waals surface area (Å²) in [6.45, 7) is 2.62. The first-order chi connectivity index (χ1) is 12.6. The Kier molecular flexibility index (Phi) is 4.33. The number of amides is 1. The topological polar surface area (TPSA) is 50.6 Å². The summed E-state index contributed by atoms with van der Waals surface area (Å²) in [6.07, 6.45) is 5.19. The van der Waals surface area contributed by atoms with Crippen molar-refractivity contribution in [3.63, 3.8) is 0 Å². The number of rotatable bonds is 4. The lowest BCUT2D eigenvalue weighted by molar-refractivity contribution is 0.0949. The molecule has 4 heteroatoms. The molecular formula is C22H22N2O2. The molecule has 1 aromatic carbocycles. The number of fused-ring (bicyclic) bond motifs is 3. The van der Waals surface area contributed by atoms with Gasteiger partial charge in [-0.05, 0) is 67.1 Å². The lowest BCUT2D eigenvalue weighted by Gasteiger charge is -2.12. The van der Waals surface area contributed by atoms with Gasteiger partial charge in [-0.2, -0.15) is 0 Å². The molecule has 1 N–H and O–H groups in total. The Bertz CT molecular complexity index is 986. The molecule has 2 aromatic heterocycles. The molecule has 4 nitrogen and oxygen atoms in total. The molecule has 0 atom stereocenters. The number of benzene rings is 1. The van der Waals surface area contributed by atoms with Crippen molar-refractivity contribution in [3.05, 3.63) is 76.6 Å². The molecule has 0 bridgehead atoms. The second-order valence-electron chi connectivity index (χ2n) is 6.91. The molecule has 4 rings (SSSR count). The number of nitrogens with zero attached hydrogens (tertiary/aromatic N) is 1. The van der Waals surface area contributed by atoms with Gasteiger partial charge in [-0.3, -0.25) is 9.59 Å². The van der Waals surface area contributed by atoms with Gasteiger partial charge in [-0.25, -0.2) is 0 Å². The zero-order valence-electron chi connectivity index (χ0n) is 14.9. The molecule has 0 saturated carbocycles. The summed E-state index contributed by atoms with van der Waals surface area (Å²) in [5, 5.41) is 3.00. The minimum Gasteiger partial charge on any atom is -0.352 e. The SMILES string of the molecule is Cc1ccn2c3c(c(CCNC(=O)c4ccccc4)c2c1)CCCC3=O. The third kappa shape index (κ3) is 2.92. The predicted molar refractivity (Wildman–Crippen MR) is 102 cm³/mol. The molecule has 1 aliphatic carbocycles. The van der Waals surface area contributed by atoms with Gasteiger partial charge in [0.1, 0.15) is 0 Å². The highest BCUT2D eigenvalue weighted by Crippen LogP contribution is 2.31. The van der Waals surface area contributed by atoms with E-state index in [-0.39, 0.29) is 11.7 Å². The monoisotopic (exact) mass is 346 g/mol. The lowest BCUT2D eigenvalue weighted by atomic mass is 9.92. The smallest absolute Gasteiger partial charge is 0.251 e. The Morgan fingerprint density at radius 2 is 1.96 bits per heavy atom. The Morgan fingerprint density at radius 3 is 2.77 bits per heavy atom. The molecule has 26 heavy (non-hydrogen) atoms. The molecule has 1 aliphatic rings. The number of carbonyl (C=O) groups is 2. The molecule has 0 radical (unpaired) electrons. The number of carbonyl (C=O) groups excluding carboxylic acids is 2. The quantitative estimate of drug-likeness (QED) is 0.782. The van der Waals surface area contributed by atoms with Gasteiger partial charge in [-0.15, -0.1) is 0 Å². The highest BCUT2D eigenvalue weighted by Gasteiger charge is 2.26. The van der Waals surface area contributed by atoms with Crippen LogP contribution in [0.15, 0.2) is 48.7 Å². The van der Waals surface area contributed by atoms with Crippen LogP contribution in [-0.4, -0.2) is 22.6 Å². The van der Waals surface area contributed by atoms with Crippen LogP contribution < -0.4 is 5.32 Å². The van der Waals surface area contributed by atoms with Crippen LogP contribution in [0, 0.1) is 6.92 Å². The van der Waals surface area contributed by atoms with E-state index in [2.05, 4.69) is 18.3 Å². The summed E-state index contributed by atoms with van der Waals surface area (Å²) in [4.78, 5) is 24.7. The molecule has 0 fully saturated rings. The van der Waals surface area contributed by atoms with Crippen LogP contribution in [0.25, 0.3) is 5.52 Å². The number of pyridine rings is 1. The number of hydrogen-bond donors (Lipinski definition) is 1. The number of aryl methyl sites for hydroxylation is 1. The Labute approximate surface area is 152 Å². The summed E-state index contributed by atoms with van der Waals surface area (Å²) in [7, 11) is 0. The fourth-order valence-corrected chi connectivity index (χ4v) is 3.86. The van der Waals surface area contributed by atoms with Crippen molar-refractivity contribution >= 4 is 17.2 Å². The largest absolute Gasteiger partial charge is 0.352 e. The van der Waals surface area contributed by atoms with Crippen molar-refractivity contribution in [2.24, 2.45) is 0 Å². The molecule has 0 spiro atoms. The van der Waals surface area contributed by atoms with Crippen LogP contribution in [0.2, 0.25) is 0 Å². The van der Waals surface area contributed by atoms with Gasteiger partial charge < -0.3 is 9.72 Å². The fourth-order valence-electron chi connectivity index (χ4n) is 3.86. The zero-order valence-corrected chi connectivity index (χ0v) is 14.9. The summed E-state index contributed by atoms with van der Waals surface area (Å²) in [5.41, 5.74) is 6.15. The van der Waals surface area contributed by atoms with Crippen LogP contribution in [-0.2, 0) is 12.8 Å². The van der Waals surface area contributed by atoms with Crippen molar-refractivity contribution in [1.82, 2.24) is 9.72 Å². The Morgan fingerprint density at radius 1 is 1.15 bits per heavy atom. The maximum absolute atomic E-state index is 12.5. The van der Waals surface area contributed by atoms with Crippen LogP contribution in [0.3, 0.4) is 0 Å². The molecular weight excluding hydrogens is 324 g/mol. The summed E-state index contributed by atoms with van der Waals surface area (Å²) >= 11 is 0. The van der Waals surface area contributed by atoms with E-state index in [1.807, 2.05) is 47.0 Å². The molecule has 0 aliphatic heterocycles. The van der Waals surface area contributed by atoms with E-state index >= 15 is 0 Å². The van der Waals surface area contributed by atoms with Crippen molar-refractivity contribution in [3.8, 4) is 0 Å². The van der Waals surface area contributed by atoms with Crippen LogP contribution in [0.4, 0.5) is 0 Å². The van der Waals surface area contributed by atoms with Crippen molar-refractivity contribution < 1.29 is 9.59 Å². The highest BCUT2D eigenvalue weighted by atomic mass is 16.1. The first-order valence-electron chi connectivity index (χ1n) is 9.14. The van der Waals surface area contributed by atoms with Gasteiger partial charge in [0, 0.05) is 30.2 Å². The third-order valence-corrected chi connectivity index (χ3v) is 5.10. The summed E-state index contributed by atoms with van der Waals surface area (Å²) < 4.78 is 2.04. The van der Waals surface area contributed by atoms with Gasteiger partial charge >= 0.3 is 0 Å². The maximum atomic E-state index is 12.5. The first kappa shape index (κ1) is 16.6. The second-order valence-corrected chi connectivity index (χ2v) is 6.91. The van der Waals surface area contributed by atoms with E-state index in [1.165, 1.54) is 16.7 Å². The van der Waals surface area contributed by atoms with Gasteiger partial charge in [-0.1, -0.05) is 18.2 Å². The number of ketones is 1. The van der Waals surface area contributed by atoms with Crippen molar-refractivity contribution in [2.45, 2.75) is 32.6 Å². The average Bonchev–Trinajstić information content (AvgIpc) is 2.97. The highest BCUT2D eigenvalue weighted by molar-refractivity contribution is 5.99. The second kappa shape index (κ2) is 6.79. The van der Waals surface area contributed by atoms with E-state index in [0.717, 1.165) is 30.5 Å². The van der Waals surface area contributed by atoms with E-state index < -0.39 is 0 Å². The third-order valence-electron chi connectivity index (χ3n) is 5.10. The van der Waals surface area contributed by atoms with E-state index in [9.17, 15) is 9.59 Å². The first-order valence-corrected chi connectivity index (χ1v) is 9.14. The number of nitrogens with one attached hydrogen (secondary N) is 1. The Hall–Kier alpha value is -2.88. The number of hydrogen-bond acceptors (Lipinski definition) is 2. The molecule has 2 heterocycles. The fraction of sp³-hybridized carbons (Fsp3) is 0.273. The van der Waals surface area contributed by atoms with Crippen LogP contribution in [0.1, 0.15) is 50.4 Å². The minimum atomic E-state index is -0.0600.